The molecule has 1 aromatic rings. The number of nitrogens with one attached hydrogen (secondary N) is 2. The van der Waals surface area contributed by atoms with Gasteiger partial charge in [0, 0.05) is 6.04 Å². The summed E-state index contributed by atoms with van der Waals surface area (Å²) in [5, 5.41) is 5.54. The molecule has 1 aromatic heterocycles. The van der Waals surface area contributed by atoms with Crippen LogP contribution in [0.5, 0.6) is 0 Å². The van der Waals surface area contributed by atoms with E-state index < -0.39 is 6.04 Å². The summed E-state index contributed by atoms with van der Waals surface area (Å²) in [6, 6.07) is 3.37. The van der Waals surface area contributed by atoms with Gasteiger partial charge in [-0.1, -0.05) is 0 Å². The molecule has 1 heterocycles. The van der Waals surface area contributed by atoms with Crippen LogP contribution in [0.4, 0.5) is 0 Å². The second-order valence-corrected chi connectivity index (χ2v) is 6.54. The van der Waals surface area contributed by atoms with E-state index in [1.807, 2.05) is 6.07 Å². The molecule has 1 fully saturated rings. The van der Waals surface area contributed by atoms with Gasteiger partial charge in [0.2, 0.25) is 5.91 Å². The maximum absolute atomic E-state index is 11.8. The van der Waals surface area contributed by atoms with Crippen molar-refractivity contribution in [3.8, 4) is 0 Å². The molecule has 17 heavy (non-hydrogen) atoms. The molecule has 1 atom stereocenters. The fourth-order valence-corrected chi connectivity index (χ4v) is 2.61. The van der Waals surface area contributed by atoms with Crippen LogP contribution >= 0.6 is 27.3 Å². The summed E-state index contributed by atoms with van der Waals surface area (Å²) >= 11 is 4.64. The lowest BCUT2D eigenvalue weighted by molar-refractivity contribution is -0.122. The Bertz CT molecular complexity index is 442. The third-order valence-electron chi connectivity index (χ3n) is 2.46. The van der Waals surface area contributed by atoms with E-state index in [0.29, 0.717) is 10.9 Å². The molecule has 92 valence electrons. The highest BCUT2D eigenvalue weighted by molar-refractivity contribution is 9.11. The molecule has 1 saturated carbocycles. The molecule has 4 nitrogen and oxygen atoms in total. The summed E-state index contributed by atoms with van der Waals surface area (Å²) in [6.07, 6.45) is 2.09. The molecule has 0 radical (unpaired) electrons. The van der Waals surface area contributed by atoms with E-state index in [0.717, 1.165) is 16.6 Å². The molecule has 1 unspecified atom stereocenters. The summed E-state index contributed by atoms with van der Waals surface area (Å²) in [4.78, 5) is 24.0. The molecule has 6 heteroatoms. The normalized spacial score (nSPS) is 16.4. The van der Waals surface area contributed by atoms with Crippen LogP contribution in [-0.2, 0) is 4.79 Å². The second-order valence-electron chi connectivity index (χ2n) is 4.08. The molecule has 0 aromatic carbocycles. The summed E-state index contributed by atoms with van der Waals surface area (Å²) in [5.74, 6) is -0.324. The molecule has 0 aliphatic heterocycles. The van der Waals surface area contributed by atoms with E-state index in [2.05, 4.69) is 26.6 Å². The molecular weight excluding hydrogens is 304 g/mol. The molecule has 0 spiro atoms. The highest BCUT2D eigenvalue weighted by Gasteiger charge is 2.26. The molecule has 0 saturated heterocycles. The Morgan fingerprint density at radius 3 is 2.71 bits per heavy atom. The van der Waals surface area contributed by atoms with E-state index >= 15 is 0 Å². The lowest BCUT2D eigenvalue weighted by Gasteiger charge is -2.12. The highest BCUT2D eigenvalue weighted by atomic mass is 79.9. The topological polar surface area (TPSA) is 58.2 Å². The van der Waals surface area contributed by atoms with E-state index in [1.165, 1.54) is 11.3 Å². The number of hydrogen-bond donors (Lipinski definition) is 2. The van der Waals surface area contributed by atoms with Crippen LogP contribution in [0.25, 0.3) is 0 Å². The van der Waals surface area contributed by atoms with Gasteiger partial charge >= 0.3 is 0 Å². The predicted molar refractivity (Wildman–Crippen MR) is 70.1 cm³/mol. The first-order valence-corrected chi connectivity index (χ1v) is 7.04. The lowest BCUT2D eigenvalue weighted by atomic mass is 10.3. The van der Waals surface area contributed by atoms with Crippen molar-refractivity contribution in [2.24, 2.45) is 0 Å². The van der Waals surface area contributed by atoms with Gasteiger partial charge in [-0.05, 0) is 47.8 Å². The average molecular weight is 317 g/mol. The number of thiophene rings is 1. The van der Waals surface area contributed by atoms with Crippen LogP contribution in [0.15, 0.2) is 15.9 Å². The Morgan fingerprint density at radius 2 is 2.18 bits per heavy atom. The Labute approximate surface area is 112 Å². The number of carbonyl (C=O) groups excluding carboxylic acids is 2. The maximum Gasteiger partial charge on any atom is 0.262 e. The number of amides is 2. The fourth-order valence-electron chi connectivity index (χ4n) is 1.32. The number of carbonyl (C=O) groups is 2. The van der Waals surface area contributed by atoms with Gasteiger partial charge in [0.25, 0.3) is 5.91 Å². The molecule has 2 amide bonds. The Hall–Kier alpha value is -0.880. The number of hydrogen-bond acceptors (Lipinski definition) is 3. The fraction of sp³-hybridized carbons (Fsp3) is 0.455. The van der Waals surface area contributed by atoms with Crippen molar-refractivity contribution in [3.63, 3.8) is 0 Å². The molecule has 2 N–H and O–H groups in total. The lowest BCUT2D eigenvalue weighted by Crippen LogP contribution is -2.45. The van der Waals surface area contributed by atoms with Gasteiger partial charge in [-0.25, -0.2) is 0 Å². The Morgan fingerprint density at radius 1 is 1.47 bits per heavy atom. The quantitative estimate of drug-likeness (QED) is 0.891. The largest absolute Gasteiger partial charge is 0.352 e. The SMILES string of the molecule is CC(NC(=O)c1ccc(Br)s1)C(=O)NC1CC1. The first-order valence-electron chi connectivity index (χ1n) is 5.43. The monoisotopic (exact) mass is 316 g/mol. The van der Waals surface area contributed by atoms with Gasteiger partial charge in [0.15, 0.2) is 0 Å². The summed E-state index contributed by atoms with van der Waals surface area (Å²) < 4.78 is 0.901. The molecule has 2 rings (SSSR count). The first kappa shape index (κ1) is 12.6. The zero-order valence-corrected chi connectivity index (χ0v) is 11.7. The zero-order chi connectivity index (χ0) is 12.4. The average Bonchev–Trinajstić information content (AvgIpc) is 2.97. The van der Waals surface area contributed by atoms with Crippen molar-refractivity contribution in [2.45, 2.75) is 31.8 Å². The summed E-state index contributed by atoms with van der Waals surface area (Å²) in [7, 11) is 0. The van der Waals surface area contributed by atoms with Gasteiger partial charge < -0.3 is 10.6 Å². The predicted octanol–water partition coefficient (Wildman–Crippen LogP) is 1.91. The third kappa shape index (κ3) is 3.54. The smallest absolute Gasteiger partial charge is 0.262 e. The summed E-state index contributed by atoms with van der Waals surface area (Å²) in [5.41, 5.74) is 0. The van der Waals surface area contributed by atoms with Crippen molar-refractivity contribution in [3.05, 3.63) is 20.8 Å². The van der Waals surface area contributed by atoms with Crippen LogP contribution in [0.1, 0.15) is 29.4 Å². The molecule has 0 bridgehead atoms. The van der Waals surface area contributed by atoms with Crippen molar-refractivity contribution >= 4 is 39.1 Å². The van der Waals surface area contributed by atoms with Crippen molar-refractivity contribution in [1.29, 1.82) is 0 Å². The van der Waals surface area contributed by atoms with E-state index in [9.17, 15) is 9.59 Å². The van der Waals surface area contributed by atoms with Crippen LogP contribution in [0.2, 0.25) is 0 Å². The van der Waals surface area contributed by atoms with E-state index in [1.54, 1.807) is 13.0 Å². The van der Waals surface area contributed by atoms with Crippen LogP contribution in [0, 0.1) is 0 Å². The number of halogens is 1. The van der Waals surface area contributed by atoms with Crippen LogP contribution in [0.3, 0.4) is 0 Å². The second kappa shape index (κ2) is 5.18. The minimum atomic E-state index is -0.496. The maximum atomic E-state index is 11.8. The van der Waals surface area contributed by atoms with Gasteiger partial charge in [0.1, 0.15) is 6.04 Å². The van der Waals surface area contributed by atoms with Gasteiger partial charge in [0.05, 0.1) is 8.66 Å². The van der Waals surface area contributed by atoms with Gasteiger partial charge in [-0.2, -0.15) is 0 Å². The van der Waals surface area contributed by atoms with Gasteiger partial charge in [-0.3, -0.25) is 9.59 Å². The number of rotatable bonds is 4. The zero-order valence-electron chi connectivity index (χ0n) is 9.33. The molecular formula is C11H13BrN2O2S. The van der Waals surface area contributed by atoms with Crippen molar-refractivity contribution in [2.75, 3.05) is 0 Å². The minimum Gasteiger partial charge on any atom is -0.352 e. The third-order valence-corrected chi connectivity index (χ3v) is 4.08. The summed E-state index contributed by atoms with van der Waals surface area (Å²) in [6.45, 7) is 1.69. The van der Waals surface area contributed by atoms with Gasteiger partial charge in [-0.15, -0.1) is 11.3 Å². The minimum absolute atomic E-state index is 0.114. The highest BCUT2D eigenvalue weighted by Crippen LogP contribution is 2.22. The first-order chi connectivity index (χ1) is 8.06. The van der Waals surface area contributed by atoms with Crippen molar-refractivity contribution < 1.29 is 9.59 Å². The standard InChI is InChI=1S/C11H13BrN2O2S/c1-6(10(15)14-7-2-3-7)13-11(16)8-4-5-9(12)17-8/h4-7H,2-3H2,1H3,(H,13,16)(H,14,15). The molecule has 1 aliphatic carbocycles. The Kier molecular flexibility index (Phi) is 3.83. The van der Waals surface area contributed by atoms with E-state index in [-0.39, 0.29) is 11.8 Å². The van der Waals surface area contributed by atoms with E-state index in [4.69, 9.17) is 0 Å². The van der Waals surface area contributed by atoms with Crippen LogP contribution in [-0.4, -0.2) is 23.9 Å². The van der Waals surface area contributed by atoms with Crippen molar-refractivity contribution in [1.82, 2.24) is 10.6 Å². The molecule has 1 aliphatic rings. The Balaban J connectivity index is 1.86. The van der Waals surface area contributed by atoms with Crippen LogP contribution < -0.4 is 10.6 Å².